The van der Waals surface area contributed by atoms with Crippen LogP contribution in [-0.4, -0.2) is 75.7 Å². The molecule has 0 radical (unpaired) electrons. The summed E-state index contributed by atoms with van der Waals surface area (Å²) in [6, 6.07) is 3.66. The number of carbonyl (C=O) groups is 1. The summed E-state index contributed by atoms with van der Waals surface area (Å²) in [7, 11) is 0. The van der Waals surface area contributed by atoms with Gasteiger partial charge in [0.15, 0.2) is 0 Å². The van der Waals surface area contributed by atoms with Crippen LogP contribution >= 0.6 is 24.0 Å². The standard InChI is InChI=1S/C22H28N4O5S2/c1-3-30-11-5-9-26-21(29)17(33-22(26)32)14-16-18(23-7-12-31-13-10-27)24-19-15(2)6-4-8-25(19)20(16)28/h4,6,8,14,23,27H,3,5,7,9-13H2,1-2H3. The minimum atomic E-state index is -0.288. The fourth-order valence-electron chi connectivity index (χ4n) is 3.28. The first kappa shape index (κ1) is 25.3. The highest BCUT2D eigenvalue weighted by Crippen LogP contribution is 2.33. The zero-order chi connectivity index (χ0) is 23.8. The van der Waals surface area contributed by atoms with Gasteiger partial charge in [-0.2, -0.15) is 0 Å². The molecule has 2 N–H and O–H groups in total. The van der Waals surface area contributed by atoms with Gasteiger partial charge in [0.2, 0.25) is 0 Å². The van der Waals surface area contributed by atoms with Gasteiger partial charge in [-0.25, -0.2) is 4.98 Å². The number of amides is 1. The van der Waals surface area contributed by atoms with E-state index < -0.39 is 0 Å². The fraction of sp³-hybridized carbons (Fsp3) is 0.455. The Bertz CT molecular complexity index is 1100. The third-order valence-electron chi connectivity index (χ3n) is 4.88. The number of aliphatic hydroxyl groups excluding tert-OH is 1. The number of hydrogen-bond acceptors (Lipinski definition) is 9. The van der Waals surface area contributed by atoms with Crippen molar-refractivity contribution < 1.29 is 19.4 Å². The Kier molecular flexibility index (Phi) is 9.39. The number of fused-ring (bicyclic) bond motifs is 1. The van der Waals surface area contributed by atoms with Crippen molar-refractivity contribution in [3.05, 3.63) is 44.7 Å². The highest BCUT2D eigenvalue weighted by Gasteiger charge is 2.32. The predicted molar refractivity (Wildman–Crippen MR) is 134 cm³/mol. The van der Waals surface area contributed by atoms with Crippen LogP contribution < -0.4 is 10.9 Å². The Morgan fingerprint density at radius 2 is 2.09 bits per heavy atom. The maximum atomic E-state index is 13.3. The second-order valence-electron chi connectivity index (χ2n) is 7.21. The van der Waals surface area contributed by atoms with Gasteiger partial charge in [-0.3, -0.25) is 18.9 Å². The molecule has 0 unspecified atom stereocenters. The van der Waals surface area contributed by atoms with Crippen LogP contribution in [0.15, 0.2) is 28.0 Å². The van der Waals surface area contributed by atoms with Crippen molar-refractivity contribution in [2.75, 3.05) is 51.4 Å². The van der Waals surface area contributed by atoms with Crippen LogP contribution in [0.2, 0.25) is 0 Å². The van der Waals surface area contributed by atoms with Gasteiger partial charge in [0.1, 0.15) is 15.8 Å². The number of nitrogens with one attached hydrogen (secondary N) is 1. The molecule has 2 aromatic heterocycles. The van der Waals surface area contributed by atoms with E-state index in [9.17, 15) is 9.59 Å². The van der Waals surface area contributed by atoms with E-state index in [0.717, 1.165) is 5.56 Å². The quantitative estimate of drug-likeness (QED) is 0.262. The molecule has 3 heterocycles. The molecule has 0 saturated carbocycles. The van der Waals surface area contributed by atoms with E-state index in [1.165, 1.54) is 21.1 Å². The summed E-state index contributed by atoms with van der Waals surface area (Å²) in [5.74, 6) is 0.135. The molecule has 1 aliphatic rings. The summed E-state index contributed by atoms with van der Waals surface area (Å²) < 4.78 is 12.6. The van der Waals surface area contributed by atoms with E-state index in [4.69, 9.17) is 26.8 Å². The molecular weight excluding hydrogens is 464 g/mol. The number of nitrogens with zero attached hydrogens (tertiary/aromatic N) is 3. The van der Waals surface area contributed by atoms with E-state index in [1.807, 2.05) is 19.9 Å². The Morgan fingerprint density at radius 1 is 1.27 bits per heavy atom. The van der Waals surface area contributed by atoms with Gasteiger partial charge >= 0.3 is 0 Å². The summed E-state index contributed by atoms with van der Waals surface area (Å²) in [5.41, 5.74) is 1.36. The van der Waals surface area contributed by atoms with Crippen molar-refractivity contribution in [3.63, 3.8) is 0 Å². The number of anilines is 1. The number of thiocarbonyl (C=S) groups is 1. The van der Waals surface area contributed by atoms with E-state index in [2.05, 4.69) is 10.3 Å². The van der Waals surface area contributed by atoms with Crippen LogP contribution in [0.4, 0.5) is 5.82 Å². The van der Waals surface area contributed by atoms with Crippen LogP contribution in [0.5, 0.6) is 0 Å². The molecule has 1 fully saturated rings. The van der Waals surface area contributed by atoms with Crippen LogP contribution in [0.3, 0.4) is 0 Å². The van der Waals surface area contributed by atoms with Crippen LogP contribution in [0.25, 0.3) is 11.7 Å². The van der Waals surface area contributed by atoms with Crippen molar-refractivity contribution in [1.29, 1.82) is 0 Å². The highest BCUT2D eigenvalue weighted by molar-refractivity contribution is 8.26. The van der Waals surface area contributed by atoms with Gasteiger partial charge in [0, 0.05) is 32.5 Å². The monoisotopic (exact) mass is 492 g/mol. The molecule has 0 spiro atoms. The first-order chi connectivity index (χ1) is 16.0. The van der Waals surface area contributed by atoms with E-state index in [1.54, 1.807) is 18.3 Å². The van der Waals surface area contributed by atoms with Crippen LogP contribution in [0, 0.1) is 6.92 Å². The molecule has 33 heavy (non-hydrogen) atoms. The minimum absolute atomic E-state index is 0.0631. The summed E-state index contributed by atoms with van der Waals surface area (Å²) >= 11 is 6.57. The fourth-order valence-corrected chi connectivity index (χ4v) is 4.57. The van der Waals surface area contributed by atoms with E-state index >= 15 is 0 Å². The van der Waals surface area contributed by atoms with E-state index in [-0.39, 0.29) is 30.2 Å². The molecule has 3 rings (SSSR count). The molecule has 1 aliphatic heterocycles. The number of ether oxygens (including phenoxy) is 2. The summed E-state index contributed by atoms with van der Waals surface area (Å²) in [6.07, 6.45) is 3.89. The SMILES string of the molecule is CCOCCCN1C(=O)C(=Cc2c(NCCOCCO)nc3c(C)cccn3c2=O)SC1=S. The Hall–Kier alpha value is -2.31. The second kappa shape index (κ2) is 12.2. The Labute approximate surface area is 201 Å². The zero-order valence-electron chi connectivity index (χ0n) is 18.7. The number of hydrogen-bond donors (Lipinski definition) is 2. The van der Waals surface area contributed by atoms with Crippen molar-refractivity contribution in [3.8, 4) is 0 Å². The lowest BCUT2D eigenvalue weighted by Gasteiger charge is -2.14. The number of pyridine rings is 1. The molecular formula is C22H28N4O5S2. The lowest BCUT2D eigenvalue weighted by atomic mass is 10.2. The van der Waals surface area contributed by atoms with Crippen LogP contribution in [-0.2, 0) is 14.3 Å². The normalized spacial score (nSPS) is 15.2. The first-order valence-electron chi connectivity index (χ1n) is 10.8. The summed E-state index contributed by atoms with van der Waals surface area (Å²) in [5, 5.41) is 12.0. The van der Waals surface area contributed by atoms with Gasteiger partial charge in [-0.05, 0) is 38.0 Å². The molecule has 2 aromatic rings. The predicted octanol–water partition coefficient (Wildman–Crippen LogP) is 2.05. The Balaban J connectivity index is 1.92. The minimum Gasteiger partial charge on any atom is -0.394 e. The molecule has 1 saturated heterocycles. The molecule has 0 atom stereocenters. The topological polar surface area (TPSA) is 105 Å². The second-order valence-corrected chi connectivity index (χ2v) is 8.89. The van der Waals surface area contributed by atoms with Crippen molar-refractivity contribution in [2.24, 2.45) is 0 Å². The highest BCUT2D eigenvalue weighted by atomic mass is 32.2. The number of aliphatic hydroxyl groups is 1. The average Bonchev–Trinajstić information content (AvgIpc) is 3.06. The lowest BCUT2D eigenvalue weighted by Crippen LogP contribution is -2.29. The molecule has 178 valence electrons. The van der Waals surface area contributed by atoms with Gasteiger partial charge in [-0.15, -0.1) is 0 Å². The third kappa shape index (κ3) is 6.18. The van der Waals surface area contributed by atoms with Gasteiger partial charge < -0.3 is 19.9 Å². The number of aromatic nitrogens is 2. The number of thioether (sulfide) groups is 1. The van der Waals surface area contributed by atoms with Gasteiger partial charge in [0.05, 0.1) is 30.3 Å². The van der Waals surface area contributed by atoms with Gasteiger partial charge in [0.25, 0.3) is 11.5 Å². The zero-order valence-corrected chi connectivity index (χ0v) is 20.3. The maximum Gasteiger partial charge on any atom is 0.267 e. The maximum absolute atomic E-state index is 13.3. The molecule has 1 amide bonds. The molecule has 0 bridgehead atoms. The number of rotatable bonds is 12. The summed E-state index contributed by atoms with van der Waals surface area (Å²) in [4.78, 5) is 32.9. The largest absolute Gasteiger partial charge is 0.394 e. The van der Waals surface area contributed by atoms with Gasteiger partial charge in [-0.1, -0.05) is 30.0 Å². The third-order valence-corrected chi connectivity index (χ3v) is 6.26. The summed E-state index contributed by atoms with van der Waals surface area (Å²) in [6.45, 7) is 6.31. The van der Waals surface area contributed by atoms with Crippen molar-refractivity contribution in [2.45, 2.75) is 20.3 Å². The first-order valence-corrected chi connectivity index (χ1v) is 12.0. The molecule has 0 aromatic carbocycles. The van der Waals surface area contributed by atoms with E-state index in [0.29, 0.717) is 60.0 Å². The molecule has 0 aliphatic carbocycles. The smallest absolute Gasteiger partial charge is 0.267 e. The number of carbonyl (C=O) groups excluding carboxylic acids is 1. The average molecular weight is 493 g/mol. The Morgan fingerprint density at radius 3 is 2.85 bits per heavy atom. The van der Waals surface area contributed by atoms with Crippen molar-refractivity contribution in [1.82, 2.24) is 14.3 Å². The molecule has 11 heteroatoms. The molecule has 9 nitrogen and oxygen atoms in total. The van der Waals surface area contributed by atoms with Crippen molar-refractivity contribution >= 4 is 51.7 Å². The lowest BCUT2D eigenvalue weighted by molar-refractivity contribution is -0.122. The number of aryl methyl sites for hydroxylation is 1. The van der Waals surface area contributed by atoms with Crippen LogP contribution in [0.1, 0.15) is 24.5 Å².